The van der Waals surface area contributed by atoms with E-state index >= 15 is 0 Å². The summed E-state index contributed by atoms with van der Waals surface area (Å²) < 4.78 is 0. The van der Waals surface area contributed by atoms with Gasteiger partial charge in [0.2, 0.25) is 6.41 Å². The smallest absolute Gasteiger partial charge is 0.207 e. The van der Waals surface area contributed by atoms with Gasteiger partial charge in [0.15, 0.2) is 0 Å². The van der Waals surface area contributed by atoms with Crippen LogP contribution in [0.25, 0.3) is 0 Å². The Balaban J connectivity index is 1.95. The maximum Gasteiger partial charge on any atom is 0.207 e. The van der Waals surface area contributed by atoms with Gasteiger partial charge in [-0.05, 0) is 30.6 Å². The molecule has 2 rings (SSSR count). The average molecular weight is 139 g/mol. The van der Waals surface area contributed by atoms with Crippen molar-refractivity contribution in [2.24, 2.45) is 11.3 Å². The molecule has 2 fully saturated rings. The summed E-state index contributed by atoms with van der Waals surface area (Å²) in [6, 6.07) is 0.514. The van der Waals surface area contributed by atoms with Crippen LogP contribution in [0.4, 0.5) is 0 Å². The molecule has 0 unspecified atom stereocenters. The van der Waals surface area contributed by atoms with Gasteiger partial charge in [0.1, 0.15) is 0 Å². The van der Waals surface area contributed by atoms with Gasteiger partial charge in [-0.1, -0.05) is 6.92 Å². The first-order valence-electron chi connectivity index (χ1n) is 3.99. The van der Waals surface area contributed by atoms with Crippen molar-refractivity contribution in [1.82, 2.24) is 5.32 Å². The number of nitrogens with one attached hydrogen (secondary N) is 1. The molecule has 0 heterocycles. The first-order valence-corrected chi connectivity index (χ1v) is 3.99. The molecular weight excluding hydrogens is 126 g/mol. The highest BCUT2D eigenvalue weighted by Crippen LogP contribution is 2.64. The summed E-state index contributed by atoms with van der Waals surface area (Å²) in [6.07, 6.45) is 4.71. The number of amides is 1. The van der Waals surface area contributed by atoms with E-state index in [1.807, 2.05) is 0 Å². The van der Waals surface area contributed by atoms with Crippen LogP contribution in [-0.4, -0.2) is 12.5 Å². The molecule has 2 nitrogen and oxygen atoms in total. The minimum atomic E-state index is 0.514. The van der Waals surface area contributed by atoms with Gasteiger partial charge in [-0.3, -0.25) is 4.79 Å². The van der Waals surface area contributed by atoms with E-state index in [2.05, 4.69) is 12.2 Å². The summed E-state index contributed by atoms with van der Waals surface area (Å²) in [7, 11) is 0. The lowest BCUT2D eigenvalue weighted by atomic mass is 9.74. The fourth-order valence-corrected chi connectivity index (χ4v) is 2.34. The second-order valence-corrected chi connectivity index (χ2v) is 3.71. The Hall–Kier alpha value is -0.530. The minimum Gasteiger partial charge on any atom is -0.355 e. The standard InChI is InChI=1S/C8H13NO/c1-6-4-8(6)3-2-7(8)9-5-10/h5-7H,2-4H2,1H3,(H,9,10)/t6-,7-,8-/m0/s1. The van der Waals surface area contributed by atoms with E-state index in [1.54, 1.807) is 0 Å². The van der Waals surface area contributed by atoms with Crippen LogP contribution < -0.4 is 5.32 Å². The van der Waals surface area contributed by atoms with Crippen molar-refractivity contribution >= 4 is 6.41 Å². The first kappa shape index (κ1) is 6.20. The van der Waals surface area contributed by atoms with Gasteiger partial charge in [-0.25, -0.2) is 0 Å². The summed E-state index contributed by atoms with van der Waals surface area (Å²) in [5.74, 6) is 0.860. The van der Waals surface area contributed by atoms with Crippen LogP contribution in [0.3, 0.4) is 0 Å². The van der Waals surface area contributed by atoms with Crippen LogP contribution in [0.5, 0.6) is 0 Å². The van der Waals surface area contributed by atoms with E-state index in [0.29, 0.717) is 11.5 Å². The predicted molar refractivity (Wildman–Crippen MR) is 38.4 cm³/mol. The molecule has 0 aromatic carbocycles. The van der Waals surface area contributed by atoms with E-state index in [4.69, 9.17) is 0 Å². The molecule has 0 radical (unpaired) electrons. The maximum atomic E-state index is 10.1. The molecule has 3 atom stereocenters. The fraction of sp³-hybridized carbons (Fsp3) is 0.875. The Kier molecular flexibility index (Phi) is 1.08. The SMILES string of the molecule is C[C@H]1C[C@@]12CC[C@@H]2NC=O. The van der Waals surface area contributed by atoms with Gasteiger partial charge in [0.05, 0.1) is 0 Å². The molecule has 56 valence electrons. The molecule has 1 amide bonds. The Bertz CT molecular complexity index is 165. The van der Waals surface area contributed by atoms with Gasteiger partial charge >= 0.3 is 0 Å². The van der Waals surface area contributed by atoms with Crippen molar-refractivity contribution in [3.8, 4) is 0 Å². The lowest BCUT2D eigenvalue weighted by Crippen LogP contribution is -2.45. The molecule has 10 heavy (non-hydrogen) atoms. The summed E-state index contributed by atoms with van der Waals surface area (Å²) in [6.45, 7) is 2.28. The van der Waals surface area contributed by atoms with Crippen molar-refractivity contribution < 1.29 is 4.79 Å². The largest absolute Gasteiger partial charge is 0.355 e. The zero-order valence-corrected chi connectivity index (χ0v) is 6.26. The highest BCUT2D eigenvalue weighted by Gasteiger charge is 2.61. The number of hydrogen-bond donors (Lipinski definition) is 1. The highest BCUT2D eigenvalue weighted by molar-refractivity contribution is 5.48. The topological polar surface area (TPSA) is 29.1 Å². The molecule has 2 aliphatic rings. The van der Waals surface area contributed by atoms with Gasteiger partial charge in [0, 0.05) is 6.04 Å². The van der Waals surface area contributed by atoms with Crippen LogP contribution in [0.2, 0.25) is 0 Å². The number of hydrogen-bond acceptors (Lipinski definition) is 1. The van der Waals surface area contributed by atoms with Crippen molar-refractivity contribution in [3.05, 3.63) is 0 Å². The van der Waals surface area contributed by atoms with Crippen molar-refractivity contribution in [2.45, 2.75) is 32.2 Å². The van der Waals surface area contributed by atoms with Crippen LogP contribution >= 0.6 is 0 Å². The maximum absolute atomic E-state index is 10.1. The zero-order chi connectivity index (χ0) is 7.19. The van der Waals surface area contributed by atoms with E-state index in [0.717, 1.165) is 12.3 Å². The summed E-state index contributed by atoms with van der Waals surface area (Å²) >= 11 is 0. The third-order valence-corrected chi connectivity index (χ3v) is 3.37. The molecule has 0 saturated heterocycles. The van der Waals surface area contributed by atoms with Crippen LogP contribution in [0.1, 0.15) is 26.2 Å². The monoisotopic (exact) mass is 139 g/mol. The third-order valence-electron chi connectivity index (χ3n) is 3.37. The third kappa shape index (κ3) is 0.568. The normalized spacial score (nSPS) is 50.1. The molecule has 0 aliphatic heterocycles. The second kappa shape index (κ2) is 1.74. The molecule has 0 aromatic heterocycles. The highest BCUT2D eigenvalue weighted by atomic mass is 16.1. The predicted octanol–water partition coefficient (Wildman–Crippen LogP) is 0.921. The molecule has 1 N–H and O–H groups in total. The average Bonchev–Trinajstić information content (AvgIpc) is 2.57. The van der Waals surface area contributed by atoms with Crippen LogP contribution in [0, 0.1) is 11.3 Å². The molecule has 2 saturated carbocycles. The molecule has 1 spiro atoms. The van der Waals surface area contributed by atoms with Crippen molar-refractivity contribution in [3.63, 3.8) is 0 Å². The molecule has 0 bridgehead atoms. The lowest BCUT2D eigenvalue weighted by molar-refractivity contribution is -0.111. The van der Waals surface area contributed by atoms with Gasteiger partial charge < -0.3 is 5.32 Å². The second-order valence-electron chi connectivity index (χ2n) is 3.71. The number of carbonyl (C=O) groups is 1. The summed E-state index contributed by atoms with van der Waals surface area (Å²) in [5.41, 5.74) is 0.556. The first-order chi connectivity index (χ1) is 4.79. The molecule has 2 aliphatic carbocycles. The van der Waals surface area contributed by atoms with Gasteiger partial charge in [-0.15, -0.1) is 0 Å². The van der Waals surface area contributed by atoms with Gasteiger partial charge in [0.25, 0.3) is 0 Å². The number of carbonyl (C=O) groups excluding carboxylic acids is 1. The molecule has 2 heteroatoms. The Morgan fingerprint density at radius 2 is 2.40 bits per heavy atom. The van der Waals surface area contributed by atoms with Gasteiger partial charge in [-0.2, -0.15) is 0 Å². The van der Waals surface area contributed by atoms with Crippen molar-refractivity contribution in [1.29, 1.82) is 0 Å². The molecular formula is C8H13NO. The zero-order valence-electron chi connectivity index (χ0n) is 6.26. The minimum absolute atomic E-state index is 0.514. The van der Waals surface area contributed by atoms with Crippen molar-refractivity contribution in [2.75, 3.05) is 0 Å². The molecule has 0 aromatic rings. The van der Waals surface area contributed by atoms with E-state index in [1.165, 1.54) is 19.3 Å². The number of rotatable bonds is 2. The Labute approximate surface area is 61.0 Å². The fourth-order valence-electron chi connectivity index (χ4n) is 2.34. The lowest BCUT2D eigenvalue weighted by Gasteiger charge is -2.37. The van der Waals surface area contributed by atoms with E-state index < -0.39 is 0 Å². The quantitative estimate of drug-likeness (QED) is 0.566. The van der Waals surface area contributed by atoms with E-state index in [-0.39, 0.29) is 0 Å². The summed E-state index contributed by atoms with van der Waals surface area (Å²) in [4.78, 5) is 10.1. The van der Waals surface area contributed by atoms with E-state index in [9.17, 15) is 4.79 Å². The van der Waals surface area contributed by atoms with Crippen LogP contribution in [0.15, 0.2) is 0 Å². The summed E-state index contributed by atoms with van der Waals surface area (Å²) in [5, 5.41) is 2.88. The Morgan fingerprint density at radius 3 is 2.70 bits per heavy atom. The van der Waals surface area contributed by atoms with Crippen LogP contribution in [-0.2, 0) is 4.79 Å². The Morgan fingerprint density at radius 1 is 1.70 bits per heavy atom.